The maximum Gasteiger partial charge on any atom is 0.416 e. The van der Waals surface area contributed by atoms with Crippen LogP contribution in [-0.2, 0) is 59.3 Å². The number of anilines is 9. The van der Waals surface area contributed by atoms with E-state index in [1.165, 1.54) is 18.2 Å². The Bertz CT molecular complexity index is 5780. The molecule has 120 heavy (non-hydrogen) atoms. The molecule has 0 bridgehead atoms. The Kier molecular flexibility index (Phi) is 24.2. The number of hydrogen-bond donors (Lipinski definition) is 9. The zero-order valence-electron chi connectivity index (χ0n) is 67.4. The third-order valence-electron chi connectivity index (χ3n) is 21.5. The van der Waals surface area contributed by atoms with Gasteiger partial charge < -0.3 is 58.9 Å². The van der Waals surface area contributed by atoms with Crippen molar-refractivity contribution in [2.24, 2.45) is 21.1 Å². The highest BCUT2D eigenvalue weighted by molar-refractivity contribution is 6.05. The van der Waals surface area contributed by atoms with Crippen LogP contribution in [0.1, 0.15) is 121 Å². The van der Waals surface area contributed by atoms with E-state index >= 15 is 0 Å². The maximum atomic E-state index is 13.9. The van der Waals surface area contributed by atoms with Crippen molar-refractivity contribution < 1.29 is 53.9 Å². The van der Waals surface area contributed by atoms with E-state index in [-0.39, 0.29) is 29.2 Å². The van der Waals surface area contributed by atoms with Crippen LogP contribution >= 0.6 is 0 Å². The first-order valence-electron chi connectivity index (χ1n) is 39.4. The van der Waals surface area contributed by atoms with Gasteiger partial charge >= 0.3 is 36.6 Å². The van der Waals surface area contributed by atoms with Crippen LogP contribution in [0, 0.1) is 0 Å². The van der Waals surface area contributed by atoms with Crippen LogP contribution in [-0.4, -0.2) is 142 Å². The number of nitrogen functional groups attached to an aromatic ring is 3. The summed E-state index contributed by atoms with van der Waals surface area (Å²) < 4.78 is 128. The molecule has 0 atom stereocenters. The number of benzene rings is 6. The predicted octanol–water partition coefficient (Wildman–Crippen LogP) is 17.9. The van der Waals surface area contributed by atoms with E-state index in [2.05, 4.69) is 64.2 Å². The first-order valence-corrected chi connectivity index (χ1v) is 39.4. The van der Waals surface area contributed by atoms with Gasteiger partial charge in [-0.15, -0.1) is 0 Å². The number of halogens is 9. The molecule has 3 saturated carbocycles. The number of urea groups is 3. The predicted molar refractivity (Wildman–Crippen MR) is 450 cm³/mol. The smallest absolute Gasteiger partial charge is 0.382 e. The lowest BCUT2D eigenvalue weighted by molar-refractivity contribution is -0.139. The van der Waals surface area contributed by atoms with E-state index in [1.54, 1.807) is 75.5 Å². The first kappa shape index (κ1) is 84.1. The molecule has 25 nitrogen and oxygen atoms in total. The summed E-state index contributed by atoms with van der Waals surface area (Å²) in [6, 6.07) is 36.9. The molecule has 6 amide bonds. The maximum absolute atomic E-state index is 13.9. The van der Waals surface area contributed by atoms with Crippen LogP contribution in [0.4, 0.5) is 105 Å². The summed E-state index contributed by atoms with van der Waals surface area (Å²) >= 11 is 0. The highest BCUT2D eigenvalue weighted by Crippen LogP contribution is 2.47. The highest BCUT2D eigenvalue weighted by Gasteiger charge is 2.37. The fraction of sp³-hybridized carbons (Fsp3) is 0.337. The van der Waals surface area contributed by atoms with E-state index in [1.807, 2.05) is 94.3 Å². The van der Waals surface area contributed by atoms with E-state index in [0.29, 0.717) is 103 Å². The molecule has 16 rings (SSSR count). The Morgan fingerprint density at radius 2 is 0.750 bits per heavy atom. The van der Waals surface area contributed by atoms with Crippen LogP contribution in [0.5, 0.6) is 0 Å². The van der Waals surface area contributed by atoms with Gasteiger partial charge in [0, 0.05) is 136 Å². The van der Waals surface area contributed by atoms with Gasteiger partial charge in [-0.1, -0.05) is 56.3 Å². The minimum absolute atomic E-state index is 0.0598. The fourth-order valence-corrected chi connectivity index (χ4v) is 14.8. The summed E-state index contributed by atoms with van der Waals surface area (Å²) in [7, 11) is 11.0. The molecule has 1 saturated heterocycles. The summed E-state index contributed by atoms with van der Waals surface area (Å²) in [4.78, 5) is 60.3. The molecule has 34 heteroatoms. The number of carbonyl (C=O) groups is 3. The summed E-state index contributed by atoms with van der Waals surface area (Å²) in [6.07, 6.45) is -6.98. The van der Waals surface area contributed by atoms with Gasteiger partial charge in [-0.05, 0) is 226 Å². The zero-order valence-corrected chi connectivity index (χ0v) is 67.4. The number of piperazine rings is 1. The van der Waals surface area contributed by atoms with Crippen molar-refractivity contribution >= 4 is 103 Å². The molecule has 1 aliphatic heterocycles. The SMILES string of the molecule is CCN(CC)Cc1cc(NC(=O)Nc2ccc(-c3cc(C4CC4)nc4c3c(N)nn4C)cc2)cc(C(F)(F)F)c1.CN(C)Cc1cc(NC(=O)Nc2ccc(-c3cc(C4CC4)nc4c3c(N)nn4C)cc2)cc(C(F)(F)F)c1.CN1CCN(Cc2ccc(NC(=O)Nc3ccc(-c4cc(C5CC5)nc5c4c(N)nn5C)cc3)cc2C(F)(F)F)CC1. The van der Waals surface area contributed by atoms with Crippen molar-refractivity contribution in [2.45, 2.75) is 108 Å². The zero-order chi connectivity index (χ0) is 85.4. The van der Waals surface area contributed by atoms with Crippen LogP contribution in [0.25, 0.3) is 66.5 Å². The van der Waals surface area contributed by atoms with Crippen molar-refractivity contribution in [3.05, 3.63) is 196 Å². The summed E-state index contributed by atoms with van der Waals surface area (Å²) in [6.45, 7) is 9.19. The van der Waals surface area contributed by atoms with Gasteiger partial charge in [0.2, 0.25) is 0 Å². The third-order valence-corrected chi connectivity index (χ3v) is 21.5. The van der Waals surface area contributed by atoms with Gasteiger partial charge in [-0.25, -0.2) is 43.4 Å². The second-order valence-electron chi connectivity index (χ2n) is 31.2. The number of likely N-dealkylation sites (N-methyl/N-ethyl adjacent to an activating group) is 1. The van der Waals surface area contributed by atoms with E-state index in [4.69, 9.17) is 32.2 Å². The Hall–Kier alpha value is -12.4. The Balaban J connectivity index is 0.000000148. The van der Waals surface area contributed by atoms with Gasteiger partial charge in [-0.2, -0.15) is 54.8 Å². The number of aryl methyl sites for hydroxylation is 3. The summed E-state index contributed by atoms with van der Waals surface area (Å²) in [5.41, 5.74) is 29.6. The number of nitrogens with zero attached hydrogens (tertiary/aromatic N) is 13. The van der Waals surface area contributed by atoms with Crippen molar-refractivity contribution in [3.63, 3.8) is 0 Å². The lowest BCUT2D eigenvalue weighted by atomic mass is 10.0. The standard InChI is InChI=1S/C30H33F3N8O.C29H32F3N7O.C27H28F3N7O/c1-39-11-13-41(14-12-39)17-20-7-10-22(15-24(20)30(31,32)33)36-29(42)35-21-8-5-18(6-9-21)23-16-25(19-3-4-19)37-28-26(23)27(34)38-40(28)2;1-4-39(5-2)16-17-12-20(29(30,31)32)14-22(13-17)35-28(40)34-21-10-8-18(9-11-21)23-15-24(19-6-7-19)36-27-25(23)26(33)37-38(27)3;1-36(2)14-15-10-18(27(28,29)30)12-20(11-15)33-26(38)32-19-8-6-16(7-9-19)21-13-22(17-4-5-17)34-25-23(21)24(31)35-37(25)3/h5-10,15-16,19H,3-4,11-14,17H2,1-2H3,(H2,34,38)(H2,35,36,42);8-15,19H,4-7,16H2,1-3H3,(H2,33,37)(H2,34,35,40);6-13,17H,4-5,14H2,1-3H3,(H2,31,35)(H2,32,33,38). The van der Waals surface area contributed by atoms with Crippen LogP contribution in [0.2, 0.25) is 0 Å². The van der Waals surface area contributed by atoms with Gasteiger partial charge in [0.1, 0.15) is 0 Å². The molecule has 3 aliphatic carbocycles. The van der Waals surface area contributed by atoms with Crippen molar-refractivity contribution in [1.29, 1.82) is 0 Å². The lowest BCUT2D eigenvalue weighted by Gasteiger charge is -2.33. The molecule has 628 valence electrons. The normalized spacial score (nSPS) is 14.7. The number of nitrogens with two attached hydrogens (primary N) is 3. The summed E-state index contributed by atoms with van der Waals surface area (Å²) in [5, 5.41) is 31.1. The Morgan fingerprint density at radius 1 is 0.417 bits per heavy atom. The molecule has 12 N–H and O–H groups in total. The minimum Gasteiger partial charge on any atom is -0.382 e. The number of rotatable bonds is 20. The minimum atomic E-state index is -4.54. The van der Waals surface area contributed by atoms with Crippen LogP contribution in [0.3, 0.4) is 0 Å². The van der Waals surface area contributed by atoms with E-state index < -0.39 is 53.3 Å². The van der Waals surface area contributed by atoms with E-state index in [9.17, 15) is 53.9 Å². The Morgan fingerprint density at radius 3 is 1.07 bits per heavy atom. The molecule has 0 radical (unpaired) electrons. The van der Waals surface area contributed by atoms with Crippen molar-refractivity contribution in [1.82, 2.24) is 63.9 Å². The monoisotopic (exact) mass is 1650 g/mol. The number of alkyl halides is 9. The van der Waals surface area contributed by atoms with E-state index in [0.717, 1.165) is 166 Å². The molecule has 0 spiro atoms. The average molecular weight is 1650 g/mol. The molecule has 6 aromatic carbocycles. The molecular formula is C86H93F9N22O3. The van der Waals surface area contributed by atoms with Gasteiger partial charge in [0.15, 0.2) is 34.4 Å². The third kappa shape index (κ3) is 20.1. The topological polar surface area (TPSA) is 307 Å². The van der Waals surface area contributed by atoms with Gasteiger partial charge in [-0.3, -0.25) is 9.80 Å². The Labute approximate surface area is 685 Å². The van der Waals surface area contributed by atoms with Gasteiger partial charge in [0.05, 0.1) is 32.8 Å². The molecule has 7 heterocycles. The first-order chi connectivity index (χ1) is 57.1. The van der Waals surface area contributed by atoms with Crippen LogP contribution in [0.15, 0.2) is 146 Å². The average Bonchev–Trinajstić information content (AvgIpc) is 1.62. The molecular weight excluding hydrogens is 1560 g/mol. The largest absolute Gasteiger partial charge is 0.416 e. The van der Waals surface area contributed by atoms with Gasteiger partial charge in [0.25, 0.3) is 0 Å². The number of aromatic nitrogens is 9. The number of carbonyl (C=O) groups excluding carboxylic acids is 3. The number of pyridine rings is 3. The van der Waals surface area contributed by atoms with Crippen molar-refractivity contribution in [2.75, 3.05) is 110 Å². The van der Waals surface area contributed by atoms with Crippen LogP contribution < -0.4 is 49.1 Å². The lowest BCUT2D eigenvalue weighted by Crippen LogP contribution is -2.44. The highest BCUT2D eigenvalue weighted by atomic mass is 19.4. The quantitative estimate of drug-likeness (QED) is 0.0320. The van der Waals surface area contributed by atoms with Crippen molar-refractivity contribution in [3.8, 4) is 33.4 Å². The second-order valence-corrected chi connectivity index (χ2v) is 31.2. The number of hydrogen-bond acceptors (Lipinski definition) is 16. The molecule has 4 fully saturated rings. The number of fused-ring (bicyclic) bond motifs is 3. The number of nitrogens with one attached hydrogen (secondary N) is 6. The molecule has 4 aliphatic rings. The summed E-state index contributed by atoms with van der Waals surface area (Å²) in [5.74, 6) is 2.49. The molecule has 6 aromatic heterocycles. The molecule has 0 unspecified atom stereocenters. The number of amides is 6. The fourth-order valence-electron chi connectivity index (χ4n) is 14.8. The second kappa shape index (κ2) is 34.5. The molecule has 12 aromatic rings.